The highest BCUT2D eigenvalue weighted by molar-refractivity contribution is 6.31. The van der Waals surface area contributed by atoms with E-state index in [0.29, 0.717) is 22.6 Å². The maximum Gasteiger partial charge on any atom is 0.324 e. The van der Waals surface area contributed by atoms with E-state index in [9.17, 15) is 14.5 Å². The lowest BCUT2D eigenvalue weighted by Gasteiger charge is -2.06. The van der Waals surface area contributed by atoms with Gasteiger partial charge in [-0.1, -0.05) is 35.0 Å². The van der Waals surface area contributed by atoms with Gasteiger partial charge in [0.2, 0.25) is 5.15 Å². The van der Waals surface area contributed by atoms with Crippen molar-refractivity contribution in [3.63, 3.8) is 0 Å². The molecule has 140 valence electrons. The second-order valence-electron chi connectivity index (χ2n) is 5.68. The molecule has 3 heterocycles. The lowest BCUT2D eigenvalue weighted by Crippen LogP contribution is -2.06. The summed E-state index contributed by atoms with van der Waals surface area (Å²) in [5, 5.41) is 18.9. The first-order chi connectivity index (χ1) is 13.5. The Morgan fingerprint density at radius 3 is 2.75 bits per heavy atom. The number of halogens is 2. The quantitative estimate of drug-likeness (QED) is 0.285. The van der Waals surface area contributed by atoms with Crippen molar-refractivity contribution in [3.05, 3.63) is 75.5 Å². The molecule has 11 heteroatoms. The third-order valence-electron chi connectivity index (χ3n) is 3.91. The molecule has 9 nitrogen and oxygen atoms in total. The van der Waals surface area contributed by atoms with E-state index in [1.54, 1.807) is 30.3 Å². The molecule has 0 spiro atoms. The summed E-state index contributed by atoms with van der Waals surface area (Å²) in [6, 6.07) is 9.56. The van der Waals surface area contributed by atoms with Crippen LogP contribution in [0.15, 0.2) is 53.4 Å². The van der Waals surface area contributed by atoms with Crippen LogP contribution in [0.2, 0.25) is 5.15 Å². The van der Waals surface area contributed by atoms with E-state index in [-0.39, 0.29) is 23.3 Å². The SMILES string of the molecule is O=[N+]([O-])c1cnc(-c2cc(-c3ccon3)n(Cc3ccccc3F)n2)nc1Cl. The fourth-order valence-electron chi connectivity index (χ4n) is 2.59. The summed E-state index contributed by atoms with van der Waals surface area (Å²) >= 11 is 5.87. The molecule has 28 heavy (non-hydrogen) atoms. The molecule has 0 aliphatic rings. The molecule has 4 aromatic rings. The minimum Gasteiger partial charge on any atom is -0.364 e. The van der Waals surface area contributed by atoms with Crippen LogP contribution in [0.5, 0.6) is 0 Å². The number of nitrogens with zero attached hydrogens (tertiary/aromatic N) is 6. The lowest BCUT2D eigenvalue weighted by atomic mass is 10.2. The average Bonchev–Trinajstić information content (AvgIpc) is 3.33. The number of hydrogen-bond acceptors (Lipinski definition) is 7. The molecular formula is C17H10ClFN6O3. The molecular weight excluding hydrogens is 391 g/mol. The van der Waals surface area contributed by atoms with Gasteiger partial charge in [-0.2, -0.15) is 5.10 Å². The largest absolute Gasteiger partial charge is 0.364 e. The second kappa shape index (κ2) is 7.16. The van der Waals surface area contributed by atoms with Gasteiger partial charge in [-0.05, 0) is 12.1 Å². The molecule has 0 radical (unpaired) electrons. The zero-order valence-electron chi connectivity index (χ0n) is 14.0. The van der Waals surface area contributed by atoms with Crippen molar-refractivity contribution in [2.75, 3.05) is 0 Å². The Balaban J connectivity index is 1.79. The van der Waals surface area contributed by atoms with Gasteiger partial charge in [0.05, 0.1) is 17.2 Å². The summed E-state index contributed by atoms with van der Waals surface area (Å²) < 4.78 is 20.5. The Labute approximate surface area is 161 Å². The Morgan fingerprint density at radius 2 is 2.07 bits per heavy atom. The third-order valence-corrected chi connectivity index (χ3v) is 4.19. The van der Waals surface area contributed by atoms with Crippen molar-refractivity contribution in [2.24, 2.45) is 0 Å². The van der Waals surface area contributed by atoms with Gasteiger partial charge in [-0.3, -0.25) is 14.8 Å². The topological polar surface area (TPSA) is 113 Å². The zero-order chi connectivity index (χ0) is 19.7. The van der Waals surface area contributed by atoms with Crippen molar-refractivity contribution >= 4 is 17.3 Å². The Hall–Kier alpha value is -3.66. The van der Waals surface area contributed by atoms with E-state index in [1.165, 1.54) is 17.0 Å². The van der Waals surface area contributed by atoms with E-state index in [2.05, 4.69) is 20.2 Å². The number of nitro groups is 1. The van der Waals surface area contributed by atoms with Gasteiger partial charge in [0.25, 0.3) is 0 Å². The predicted molar refractivity (Wildman–Crippen MR) is 95.9 cm³/mol. The van der Waals surface area contributed by atoms with Crippen LogP contribution in [0, 0.1) is 15.9 Å². The van der Waals surface area contributed by atoms with Gasteiger partial charge in [-0.15, -0.1) is 0 Å². The van der Waals surface area contributed by atoms with Crippen LogP contribution in [0.3, 0.4) is 0 Å². The highest BCUT2D eigenvalue weighted by Crippen LogP contribution is 2.27. The van der Waals surface area contributed by atoms with Gasteiger partial charge >= 0.3 is 5.69 Å². The van der Waals surface area contributed by atoms with Crippen molar-refractivity contribution in [1.29, 1.82) is 0 Å². The summed E-state index contributed by atoms with van der Waals surface area (Å²) in [6.07, 6.45) is 2.41. The predicted octanol–water partition coefficient (Wildman–Crippen LogP) is 3.74. The maximum absolute atomic E-state index is 14.1. The minimum atomic E-state index is -0.677. The van der Waals surface area contributed by atoms with E-state index < -0.39 is 10.6 Å². The monoisotopic (exact) mass is 400 g/mol. The molecule has 0 saturated carbocycles. The van der Waals surface area contributed by atoms with Crippen LogP contribution in [0.25, 0.3) is 22.9 Å². The first-order valence-corrected chi connectivity index (χ1v) is 8.30. The van der Waals surface area contributed by atoms with Crippen LogP contribution in [0.4, 0.5) is 10.1 Å². The Kier molecular flexibility index (Phi) is 4.53. The highest BCUT2D eigenvalue weighted by atomic mass is 35.5. The zero-order valence-corrected chi connectivity index (χ0v) is 14.7. The van der Waals surface area contributed by atoms with Gasteiger partial charge in [0.15, 0.2) is 5.82 Å². The van der Waals surface area contributed by atoms with Gasteiger partial charge in [-0.25, -0.2) is 14.4 Å². The number of aromatic nitrogens is 5. The Morgan fingerprint density at radius 1 is 1.25 bits per heavy atom. The average molecular weight is 401 g/mol. The fourth-order valence-corrected chi connectivity index (χ4v) is 2.78. The molecule has 0 N–H and O–H groups in total. The highest BCUT2D eigenvalue weighted by Gasteiger charge is 2.20. The van der Waals surface area contributed by atoms with E-state index in [1.807, 2.05) is 0 Å². The van der Waals surface area contributed by atoms with Crippen molar-refractivity contribution in [2.45, 2.75) is 6.54 Å². The van der Waals surface area contributed by atoms with Crippen molar-refractivity contribution in [3.8, 4) is 22.9 Å². The summed E-state index contributed by atoms with van der Waals surface area (Å²) in [6.45, 7) is 0.121. The molecule has 4 rings (SSSR count). The summed E-state index contributed by atoms with van der Waals surface area (Å²) in [4.78, 5) is 18.1. The molecule has 0 aliphatic carbocycles. The third kappa shape index (κ3) is 3.32. The molecule has 0 unspecified atom stereocenters. The Bertz CT molecular complexity index is 1160. The number of hydrogen-bond donors (Lipinski definition) is 0. The standard InChI is InChI=1S/C17H10ClFN6O3/c18-16-15(25(26)27)8-20-17(21-16)13-7-14(12-5-6-28-23-12)24(22-13)9-10-3-1-2-4-11(10)19/h1-8H,9H2. The van der Waals surface area contributed by atoms with E-state index in [0.717, 1.165) is 6.20 Å². The molecule has 3 aromatic heterocycles. The van der Waals surface area contributed by atoms with Crippen LogP contribution < -0.4 is 0 Å². The second-order valence-corrected chi connectivity index (χ2v) is 6.03. The van der Waals surface area contributed by atoms with Crippen molar-refractivity contribution < 1.29 is 13.8 Å². The van der Waals surface area contributed by atoms with Crippen LogP contribution >= 0.6 is 11.6 Å². The molecule has 0 amide bonds. The number of benzene rings is 1. The molecule has 0 atom stereocenters. The molecule has 0 fully saturated rings. The van der Waals surface area contributed by atoms with Crippen LogP contribution in [-0.4, -0.2) is 29.8 Å². The van der Waals surface area contributed by atoms with Crippen molar-refractivity contribution in [1.82, 2.24) is 24.9 Å². The maximum atomic E-state index is 14.1. The van der Waals surface area contributed by atoms with Gasteiger partial charge < -0.3 is 4.52 Å². The molecule has 1 aromatic carbocycles. The lowest BCUT2D eigenvalue weighted by molar-refractivity contribution is -0.385. The van der Waals surface area contributed by atoms with E-state index >= 15 is 0 Å². The first-order valence-electron chi connectivity index (χ1n) is 7.92. The minimum absolute atomic E-state index is 0.0904. The normalized spacial score (nSPS) is 10.9. The fraction of sp³-hybridized carbons (Fsp3) is 0.0588. The van der Waals surface area contributed by atoms with Crippen LogP contribution in [-0.2, 0) is 6.54 Å². The summed E-state index contributed by atoms with van der Waals surface area (Å²) in [7, 11) is 0. The molecule has 0 aliphatic heterocycles. The van der Waals surface area contributed by atoms with Gasteiger partial charge in [0.1, 0.15) is 29.7 Å². The molecule has 0 saturated heterocycles. The molecule has 0 bridgehead atoms. The van der Waals surface area contributed by atoms with Gasteiger partial charge in [0, 0.05) is 11.6 Å². The van der Waals surface area contributed by atoms with E-state index in [4.69, 9.17) is 16.1 Å². The number of rotatable bonds is 5. The summed E-state index contributed by atoms with van der Waals surface area (Å²) in [5.41, 5.74) is 1.32. The van der Waals surface area contributed by atoms with Crippen LogP contribution in [0.1, 0.15) is 5.56 Å². The smallest absolute Gasteiger partial charge is 0.324 e. The summed E-state index contributed by atoms with van der Waals surface area (Å²) in [5.74, 6) is -0.284. The first kappa shape index (κ1) is 17.7.